The van der Waals surface area contributed by atoms with Crippen LogP contribution in [0.25, 0.3) is 0 Å². The minimum atomic E-state index is -4.81. The van der Waals surface area contributed by atoms with Gasteiger partial charge in [-0.15, -0.1) is 11.3 Å². The third kappa shape index (κ3) is 2.68. The molecule has 0 N–H and O–H groups in total. The Bertz CT molecular complexity index is 628. The van der Waals surface area contributed by atoms with Gasteiger partial charge in [0.15, 0.2) is 0 Å². The van der Waals surface area contributed by atoms with Crippen LogP contribution in [0, 0.1) is 12.7 Å². The van der Waals surface area contributed by atoms with Crippen molar-refractivity contribution in [2.45, 2.75) is 13.1 Å². The predicted molar refractivity (Wildman–Crippen MR) is 63.9 cm³/mol. The minimum absolute atomic E-state index is 0.167. The molecular weight excluding hydrogens is 280 g/mol. The van der Waals surface area contributed by atoms with E-state index in [9.17, 15) is 22.4 Å². The van der Waals surface area contributed by atoms with Crippen LogP contribution in [0.2, 0.25) is 0 Å². The molecule has 19 heavy (non-hydrogen) atoms. The van der Waals surface area contributed by atoms with Gasteiger partial charge in [-0.05, 0) is 42.1 Å². The summed E-state index contributed by atoms with van der Waals surface area (Å²) in [7, 11) is 0. The van der Waals surface area contributed by atoms with Crippen LogP contribution in [0.15, 0.2) is 29.6 Å². The van der Waals surface area contributed by atoms with Crippen molar-refractivity contribution in [2.24, 2.45) is 0 Å². The zero-order chi connectivity index (χ0) is 14.2. The van der Waals surface area contributed by atoms with E-state index in [-0.39, 0.29) is 5.56 Å². The number of ketones is 1. The molecule has 0 aliphatic rings. The molecule has 0 aliphatic carbocycles. The van der Waals surface area contributed by atoms with Crippen LogP contribution in [0.1, 0.15) is 26.4 Å². The molecule has 100 valence electrons. The highest BCUT2D eigenvalue weighted by molar-refractivity contribution is 7.12. The van der Waals surface area contributed by atoms with Crippen molar-refractivity contribution in [3.05, 3.63) is 57.0 Å². The molecule has 0 saturated heterocycles. The number of carbonyl (C=O) groups is 1. The highest BCUT2D eigenvalue weighted by Gasteiger charge is 2.34. The second-order valence-corrected chi connectivity index (χ2v) is 4.87. The van der Waals surface area contributed by atoms with Crippen molar-refractivity contribution in [1.82, 2.24) is 0 Å². The maximum atomic E-state index is 13.1. The second-order valence-electron chi connectivity index (χ2n) is 3.95. The molecule has 0 amide bonds. The van der Waals surface area contributed by atoms with Crippen LogP contribution in [-0.2, 0) is 6.18 Å². The maximum absolute atomic E-state index is 13.1. The molecule has 1 nitrogen and oxygen atoms in total. The first-order valence-corrected chi connectivity index (χ1v) is 6.14. The quantitative estimate of drug-likeness (QED) is 0.589. The van der Waals surface area contributed by atoms with Gasteiger partial charge in [0, 0.05) is 5.56 Å². The monoisotopic (exact) mass is 288 g/mol. The lowest BCUT2D eigenvalue weighted by Crippen LogP contribution is -2.10. The van der Waals surface area contributed by atoms with E-state index in [2.05, 4.69) is 0 Å². The number of aryl methyl sites for hydroxylation is 1. The largest absolute Gasteiger partial charge is 0.419 e. The Morgan fingerprint density at radius 3 is 2.42 bits per heavy atom. The van der Waals surface area contributed by atoms with Gasteiger partial charge in [0.2, 0.25) is 5.78 Å². The van der Waals surface area contributed by atoms with E-state index in [1.807, 2.05) is 0 Å². The Hall–Kier alpha value is -1.69. The number of carbonyl (C=O) groups excluding carboxylic acids is 1. The Labute approximate surface area is 110 Å². The van der Waals surface area contributed by atoms with Crippen LogP contribution in [0.3, 0.4) is 0 Å². The van der Waals surface area contributed by atoms with E-state index in [0.29, 0.717) is 22.6 Å². The fourth-order valence-electron chi connectivity index (χ4n) is 1.62. The summed E-state index contributed by atoms with van der Waals surface area (Å²) in [6.07, 6.45) is -4.81. The van der Waals surface area contributed by atoms with Gasteiger partial charge in [0.1, 0.15) is 5.82 Å². The van der Waals surface area contributed by atoms with E-state index in [0.717, 1.165) is 17.4 Å². The molecule has 6 heteroatoms. The Balaban J connectivity index is 2.48. The highest BCUT2D eigenvalue weighted by Crippen LogP contribution is 2.32. The summed E-state index contributed by atoms with van der Waals surface area (Å²) >= 11 is 1.15. The zero-order valence-corrected chi connectivity index (χ0v) is 10.5. The molecule has 1 aromatic heterocycles. The number of hydrogen-bond donors (Lipinski definition) is 0. The molecule has 0 spiro atoms. The van der Waals surface area contributed by atoms with Crippen LogP contribution in [-0.4, -0.2) is 5.78 Å². The predicted octanol–water partition coefficient (Wildman–Crippen LogP) is 4.45. The fraction of sp³-hybridized carbons (Fsp3) is 0.154. The average molecular weight is 288 g/mol. The summed E-state index contributed by atoms with van der Waals surface area (Å²) in [5.41, 5.74) is -0.903. The lowest BCUT2D eigenvalue weighted by Gasteiger charge is -2.09. The van der Waals surface area contributed by atoms with Gasteiger partial charge in [-0.3, -0.25) is 4.79 Å². The normalized spacial score (nSPS) is 11.6. The summed E-state index contributed by atoms with van der Waals surface area (Å²) in [6, 6.07) is 3.98. The molecule has 0 atom stereocenters. The Morgan fingerprint density at radius 1 is 1.21 bits per heavy atom. The van der Waals surface area contributed by atoms with E-state index in [4.69, 9.17) is 0 Å². The molecule has 0 radical (unpaired) electrons. The van der Waals surface area contributed by atoms with Gasteiger partial charge in [-0.1, -0.05) is 0 Å². The first kappa shape index (κ1) is 13.7. The van der Waals surface area contributed by atoms with Gasteiger partial charge < -0.3 is 0 Å². The Morgan fingerprint density at radius 2 is 1.89 bits per heavy atom. The molecular formula is C13H8F4OS. The van der Waals surface area contributed by atoms with Gasteiger partial charge >= 0.3 is 6.18 Å². The molecule has 0 unspecified atom stereocenters. The number of benzene rings is 1. The summed E-state index contributed by atoms with van der Waals surface area (Å²) in [5, 5.41) is 1.68. The van der Waals surface area contributed by atoms with Crippen molar-refractivity contribution < 1.29 is 22.4 Å². The number of rotatable bonds is 2. The average Bonchev–Trinajstić information content (AvgIpc) is 2.73. The van der Waals surface area contributed by atoms with Gasteiger partial charge in [-0.2, -0.15) is 13.2 Å². The van der Waals surface area contributed by atoms with E-state index in [1.165, 1.54) is 0 Å². The lowest BCUT2D eigenvalue weighted by molar-refractivity contribution is -0.140. The van der Waals surface area contributed by atoms with Gasteiger partial charge in [0.05, 0.1) is 10.4 Å². The third-order valence-corrected chi connectivity index (χ3v) is 3.62. The van der Waals surface area contributed by atoms with Crippen molar-refractivity contribution in [3.63, 3.8) is 0 Å². The van der Waals surface area contributed by atoms with Gasteiger partial charge in [0.25, 0.3) is 0 Å². The number of halogens is 4. The van der Waals surface area contributed by atoms with E-state index < -0.39 is 23.3 Å². The lowest BCUT2D eigenvalue weighted by atomic mass is 10.0. The standard InChI is InChI=1S/C13H8F4OS/c1-7-4-5-19-12(7)11(18)8-2-3-10(14)9(6-8)13(15,16)17/h2-6H,1H3. The molecule has 1 heterocycles. The third-order valence-electron chi connectivity index (χ3n) is 2.60. The molecule has 2 aromatic rings. The summed E-state index contributed by atoms with van der Waals surface area (Å²) in [6.45, 7) is 1.69. The maximum Gasteiger partial charge on any atom is 0.419 e. The molecule has 0 saturated carbocycles. The van der Waals surface area contributed by atoms with Crippen LogP contribution < -0.4 is 0 Å². The van der Waals surface area contributed by atoms with Crippen molar-refractivity contribution >= 4 is 17.1 Å². The minimum Gasteiger partial charge on any atom is -0.288 e. The number of thiophene rings is 1. The first-order chi connectivity index (χ1) is 8.80. The topological polar surface area (TPSA) is 17.1 Å². The Kier molecular flexibility index (Phi) is 3.45. The van der Waals surface area contributed by atoms with E-state index >= 15 is 0 Å². The number of hydrogen-bond acceptors (Lipinski definition) is 2. The molecule has 2 rings (SSSR count). The second kappa shape index (κ2) is 4.77. The van der Waals surface area contributed by atoms with E-state index in [1.54, 1.807) is 18.4 Å². The number of alkyl halides is 3. The van der Waals surface area contributed by atoms with Crippen LogP contribution in [0.4, 0.5) is 17.6 Å². The first-order valence-electron chi connectivity index (χ1n) is 5.26. The molecule has 0 aliphatic heterocycles. The van der Waals surface area contributed by atoms with Crippen molar-refractivity contribution in [3.8, 4) is 0 Å². The molecule has 0 bridgehead atoms. The smallest absolute Gasteiger partial charge is 0.288 e. The fourth-order valence-corrected chi connectivity index (χ4v) is 2.51. The highest BCUT2D eigenvalue weighted by atomic mass is 32.1. The zero-order valence-electron chi connectivity index (χ0n) is 9.72. The molecule has 1 aromatic carbocycles. The van der Waals surface area contributed by atoms with Crippen LogP contribution >= 0.6 is 11.3 Å². The van der Waals surface area contributed by atoms with Crippen LogP contribution in [0.5, 0.6) is 0 Å². The molecule has 0 fully saturated rings. The van der Waals surface area contributed by atoms with Crippen molar-refractivity contribution in [1.29, 1.82) is 0 Å². The summed E-state index contributed by atoms with van der Waals surface area (Å²) in [4.78, 5) is 12.4. The summed E-state index contributed by atoms with van der Waals surface area (Å²) < 4.78 is 50.8. The summed E-state index contributed by atoms with van der Waals surface area (Å²) in [5.74, 6) is -1.91. The SMILES string of the molecule is Cc1ccsc1C(=O)c1ccc(F)c(C(F)(F)F)c1. The van der Waals surface area contributed by atoms with Crippen molar-refractivity contribution in [2.75, 3.05) is 0 Å². The van der Waals surface area contributed by atoms with Gasteiger partial charge in [-0.25, -0.2) is 4.39 Å².